The van der Waals surface area contributed by atoms with Crippen molar-refractivity contribution in [3.63, 3.8) is 0 Å². The molecule has 4 N–H and O–H groups in total. The third-order valence-corrected chi connectivity index (χ3v) is 3.05. The number of nitrogen functional groups attached to an aromatic ring is 1. The van der Waals surface area contributed by atoms with Gasteiger partial charge in [-0.2, -0.15) is 0 Å². The van der Waals surface area contributed by atoms with Crippen molar-refractivity contribution < 1.29 is 14.6 Å². The SMILES string of the molecule is CCCOc1ccc(CCC(=O)NC(C)(C)CO)cc1N. The van der Waals surface area contributed by atoms with Gasteiger partial charge in [0.2, 0.25) is 5.91 Å². The van der Waals surface area contributed by atoms with E-state index in [4.69, 9.17) is 15.6 Å². The molecular formula is C16H26N2O3. The van der Waals surface area contributed by atoms with Crippen LogP contribution in [0.2, 0.25) is 0 Å². The second kappa shape index (κ2) is 7.88. The van der Waals surface area contributed by atoms with Crippen molar-refractivity contribution in [3.8, 4) is 5.75 Å². The first-order valence-corrected chi connectivity index (χ1v) is 7.31. The van der Waals surface area contributed by atoms with Crippen molar-refractivity contribution in [2.45, 2.75) is 45.6 Å². The van der Waals surface area contributed by atoms with Crippen LogP contribution >= 0.6 is 0 Å². The Labute approximate surface area is 126 Å². The molecule has 0 radical (unpaired) electrons. The third kappa shape index (κ3) is 6.04. The number of carbonyl (C=O) groups excluding carboxylic acids is 1. The van der Waals surface area contributed by atoms with E-state index in [1.54, 1.807) is 13.8 Å². The van der Waals surface area contributed by atoms with Gasteiger partial charge in [0.05, 0.1) is 24.4 Å². The number of carbonyl (C=O) groups is 1. The number of ether oxygens (including phenoxy) is 1. The van der Waals surface area contributed by atoms with Gasteiger partial charge in [-0.3, -0.25) is 4.79 Å². The molecule has 1 aromatic carbocycles. The molecule has 5 nitrogen and oxygen atoms in total. The first-order valence-electron chi connectivity index (χ1n) is 7.31. The van der Waals surface area contributed by atoms with E-state index in [1.165, 1.54) is 0 Å². The van der Waals surface area contributed by atoms with Crippen molar-refractivity contribution in [3.05, 3.63) is 23.8 Å². The Kier molecular flexibility index (Phi) is 6.49. The predicted octanol–water partition coefficient (Wildman–Crippen LogP) is 1.88. The van der Waals surface area contributed by atoms with Gasteiger partial charge in [-0.15, -0.1) is 0 Å². The maximum absolute atomic E-state index is 11.8. The number of aliphatic hydroxyl groups excluding tert-OH is 1. The fourth-order valence-electron chi connectivity index (χ4n) is 1.83. The number of hydrogen-bond donors (Lipinski definition) is 3. The Hall–Kier alpha value is -1.75. The molecule has 0 saturated carbocycles. The van der Waals surface area contributed by atoms with E-state index in [0.717, 1.165) is 12.0 Å². The molecule has 5 heteroatoms. The number of aryl methyl sites for hydroxylation is 1. The zero-order chi connectivity index (χ0) is 15.9. The molecule has 0 bridgehead atoms. The van der Waals surface area contributed by atoms with Gasteiger partial charge in [0, 0.05) is 6.42 Å². The number of hydrogen-bond acceptors (Lipinski definition) is 4. The number of benzene rings is 1. The average molecular weight is 294 g/mol. The van der Waals surface area contributed by atoms with Gasteiger partial charge in [-0.25, -0.2) is 0 Å². The Balaban J connectivity index is 2.52. The van der Waals surface area contributed by atoms with Crippen molar-refractivity contribution in [1.29, 1.82) is 0 Å². The summed E-state index contributed by atoms with van der Waals surface area (Å²) in [5.41, 5.74) is 6.93. The van der Waals surface area contributed by atoms with Crippen LogP contribution < -0.4 is 15.8 Å². The standard InChI is InChI=1S/C16H26N2O3/c1-4-9-21-14-7-5-12(10-13(14)17)6-8-15(20)18-16(2,3)11-19/h5,7,10,19H,4,6,8-9,11,17H2,1-3H3,(H,18,20). The average Bonchev–Trinajstić information content (AvgIpc) is 2.43. The van der Waals surface area contributed by atoms with E-state index in [2.05, 4.69) is 5.32 Å². The molecule has 0 fully saturated rings. The highest BCUT2D eigenvalue weighted by Crippen LogP contribution is 2.23. The summed E-state index contributed by atoms with van der Waals surface area (Å²) in [6.07, 6.45) is 1.89. The van der Waals surface area contributed by atoms with Gasteiger partial charge in [0.25, 0.3) is 0 Å². The summed E-state index contributed by atoms with van der Waals surface area (Å²) in [7, 11) is 0. The van der Waals surface area contributed by atoms with E-state index in [9.17, 15) is 4.79 Å². The smallest absolute Gasteiger partial charge is 0.220 e. The lowest BCUT2D eigenvalue weighted by molar-refractivity contribution is -0.123. The number of amides is 1. The predicted molar refractivity (Wildman–Crippen MR) is 84.3 cm³/mol. The maximum atomic E-state index is 11.8. The largest absolute Gasteiger partial charge is 0.491 e. The van der Waals surface area contributed by atoms with Crippen LogP contribution in [0.3, 0.4) is 0 Å². The van der Waals surface area contributed by atoms with Gasteiger partial charge >= 0.3 is 0 Å². The van der Waals surface area contributed by atoms with Crippen LogP contribution in [0, 0.1) is 0 Å². The number of nitrogens with one attached hydrogen (secondary N) is 1. The van der Waals surface area contributed by atoms with Gasteiger partial charge in [0.1, 0.15) is 5.75 Å². The molecular weight excluding hydrogens is 268 g/mol. The normalized spacial score (nSPS) is 11.2. The summed E-state index contributed by atoms with van der Waals surface area (Å²) in [6.45, 7) is 6.15. The summed E-state index contributed by atoms with van der Waals surface area (Å²) in [5.74, 6) is 0.602. The molecule has 0 atom stereocenters. The number of aliphatic hydroxyl groups is 1. The minimum atomic E-state index is -0.589. The molecule has 1 aromatic rings. The molecule has 0 aliphatic carbocycles. The third-order valence-electron chi connectivity index (χ3n) is 3.05. The second-order valence-corrected chi connectivity index (χ2v) is 5.81. The second-order valence-electron chi connectivity index (χ2n) is 5.81. The van der Waals surface area contributed by atoms with Crippen LogP contribution in [-0.4, -0.2) is 29.8 Å². The molecule has 1 rings (SSSR count). The molecule has 0 spiro atoms. The van der Waals surface area contributed by atoms with Crippen LogP contribution in [0.5, 0.6) is 5.75 Å². The Morgan fingerprint density at radius 1 is 1.43 bits per heavy atom. The van der Waals surface area contributed by atoms with Crippen molar-refractivity contribution in [1.82, 2.24) is 5.32 Å². The van der Waals surface area contributed by atoms with E-state index in [1.807, 2.05) is 25.1 Å². The van der Waals surface area contributed by atoms with E-state index in [0.29, 0.717) is 30.9 Å². The number of anilines is 1. The summed E-state index contributed by atoms with van der Waals surface area (Å²) >= 11 is 0. The highest BCUT2D eigenvalue weighted by atomic mass is 16.5. The highest BCUT2D eigenvalue weighted by molar-refractivity contribution is 5.77. The molecule has 0 saturated heterocycles. The first kappa shape index (κ1) is 17.3. The molecule has 1 amide bonds. The zero-order valence-electron chi connectivity index (χ0n) is 13.1. The highest BCUT2D eigenvalue weighted by Gasteiger charge is 2.18. The minimum Gasteiger partial charge on any atom is -0.491 e. The molecule has 21 heavy (non-hydrogen) atoms. The Morgan fingerprint density at radius 3 is 2.71 bits per heavy atom. The van der Waals surface area contributed by atoms with Crippen LogP contribution in [0.1, 0.15) is 39.2 Å². The van der Waals surface area contributed by atoms with Crippen LogP contribution in [-0.2, 0) is 11.2 Å². The van der Waals surface area contributed by atoms with Crippen LogP contribution in [0.25, 0.3) is 0 Å². The Morgan fingerprint density at radius 2 is 2.14 bits per heavy atom. The quantitative estimate of drug-likeness (QED) is 0.639. The molecule has 0 aromatic heterocycles. The van der Waals surface area contributed by atoms with Crippen molar-refractivity contribution in [2.75, 3.05) is 18.9 Å². The fraction of sp³-hybridized carbons (Fsp3) is 0.562. The Bertz CT molecular complexity index is 473. The van der Waals surface area contributed by atoms with Crippen LogP contribution in [0.4, 0.5) is 5.69 Å². The van der Waals surface area contributed by atoms with Crippen LogP contribution in [0.15, 0.2) is 18.2 Å². The van der Waals surface area contributed by atoms with Gasteiger partial charge in [0.15, 0.2) is 0 Å². The van der Waals surface area contributed by atoms with Crippen molar-refractivity contribution in [2.24, 2.45) is 0 Å². The minimum absolute atomic E-state index is 0.0843. The number of nitrogens with two attached hydrogens (primary N) is 1. The lowest BCUT2D eigenvalue weighted by Gasteiger charge is -2.23. The lowest BCUT2D eigenvalue weighted by Crippen LogP contribution is -2.46. The van der Waals surface area contributed by atoms with Gasteiger partial charge < -0.3 is 20.9 Å². The van der Waals surface area contributed by atoms with E-state index < -0.39 is 5.54 Å². The summed E-state index contributed by atoms with van der Waals surface area (Å²) in [4.78, 5) is 11.8. The molecule has 0 aliphatic rings. The summed E-state index contributed by atoms with van der Waals surface area (Å²) in [5, 5.41) is 11.9. The number of rotatable bonds is 8. The summed E-state index contributed by atoms with van der Waals surface area (Å²) in [6, 6.07) is 5.61. The topological polar surface area (TPSA) is 84.6 Å². The maximum Gasteiger partial charge on any atom is 0.220 e. The first-order chi connectivity index (χ1) is 9.88. The van der Waals surface area contributed by atoms with Crippen molar-refractivity contribution >= 4 is 11.6 Å². The molecule has 0 aliphatic heterocycles. The molecule has 0 unspecified atom stereocenters. The van der Waals surface area contributed by atoms with E-state index >= 15 is 0 Å². The van der Waals surface area contributed by atoms with Gasteiger partial charge in [-0.05, 0) is 44.4 Å². The lowest BCUT2D eigenvalue weighted by atomic mass is 10.1. The van der Waals surface area contributed by atoms with Gasteiger partial charge in [-0.1, -0.05) is 13.0 Å². The fourth-order valence-corrected chi connectivity index (χ4v) is 1.83. The zero-order valence-corrected chi connectivity index (χ0v) is 13.1. The summed E-state index contributed by atoms with van der Waals surface area (Å²) < 4.78 is 5.51. The molecule has 118 valence electrons. The molecule has 0 heterocycles. The monoisotopic (exact) mass is 294 g/mol. The van der Waals surface area contributed by atoms with E-state index in [-0.39, 0.29) is 12.5 Å².